The zero-order chi connectivity index (χ0) is 15.0. The molecule has 4 nitrogen and oxygen atoms in total. The van der Waals surface area contributed by atoms with Gasteiger partial charge in [-0.1, -0.05) is 32.9 Å². The van der Waals surface area contributed by atoms with Gasteiger partial charge in [-0.05, 0) is 31.4 Å². The number of benzene rings is 1. The van der Waals surface area contributed by atoms with E-state index in [0.717, 1.165) is 19.3 Å². The predicted octanol–water partition coefficient (Wildman–Crippen LogP) is 3.02. The lowest BCUT2D eigenvalue weighted by Gasteiger charge is -2.31. The lowest BCUT2D eigenvalue weighted by molar-refractivity contribution is -0.125. The second-order valence-corrected chi connectivity index (χ2v) is 4.79. The van der Waals surface area contributed by atoms with Crippen LogP contribution >= 0.6 is 0 Å². The molecule has 108 valence electrons. The van der Waals surface area contributed by atoms with E-state index in [1.165, 1.54) is 0 Å². The van der Waals surface area contributed by atoms with Crippen molar-refractivity contribution in [3.63, 3.8) is 0 Å². The molecule has 0 aliphatic carbocycles. The van der Waals surface area contributed by atoms with Crippen molar-refractivity contribution in [2.24, 2.45) is 0 Å². The summed E-state index contributed by atoms with van der Waals surface area (Å²) >= 11 is 0. The van der Waals surface area contributed by atoms with Gasteiger partial charge in [-0.15, -0.1) is 0 Å². The number of carbonyl (C=O) groups excluding carboxylic acids is 1. The molecule has 0 atom stereocenters. The first-order valence-corrected chi connectivity index (χ1v) is 7.03. The van der Waals surface area contributed by atoms with Crippen LogP contribution in [0.4, 0.5) is 0 Å². The maximum atomic E-state index is 12.0. The molecule has 0 bridgehead atoms. The molecule has 1 N–H and O–H groups in total. The number of nitrogens with zero attached hydrogens (tertiary/aromatic N) is 1. The normalized spacial score (nSPS) is 10.7. The van der Waals surface area contributed by atoms with E-state index in [4.69, 9.17) is 10.00 Å². The van der Waals surface area contributed by atoms with E-state index in [9.17, 15) is 4.79 Å². The smallest absolute Gasteiger partial charge is 0.258 e. The molecule has 4 heteroatoms. The van der Waals surface area contributed by atoms with Crippen molar-refractivity contribution < 1.29 is 9.53 Å². The molecule has 0 radical (unpaired) electrons. The minimum Gasteiger partial charge on any atom is -0.482 e. The molecule has 1 aromatic carbocycles. The van der Waals surface area contributed by atoms with Gasteiger partial charge < -0.3 is 10.1 Å². The van der Waals surface area contributed by atoms with Gasteiger partial charge in [0.1, 0.15) is 11.8 Å². The Bertz CT molecular complexity index is 479. The van der Waals surface area contributed by atoms with Crippen LogP contribution in [-0.4, -0.2) is 18.1 Å². The van der Waals surface area contributed by atoms with Crippen LogP contribution in [-0.2, 0) is 4.79 Å². The lowest BCUT2D eigenvalue weighted by Crippen LogP contribution is -2.48. The molecule has 0 aromatic heterocycles. The van der Waals surface area contributed by atoms with Crippen LogP contribution in [0, 0.1) is 11.3 Å². The first kappa shape index (κ1) is 16.0. The Hall–Kier alpha value is -2.02. The molecule has 0 saturated heterocycles. The molecule has 20 heavy (non-hydrogen) atoms. The highest BCUT2D eigenvalue weighted by Gasteiger charge is 2.25. The van der Waals surface area contributed by atoms with Gasteiger partial charge in [-0.2, -0.15) is 5.26 Å². The summed E-state index contributed by atoms with van der Waals surface area (Å²) in [5.41, 5.74) is 0.280. The van der Waals surface area contributed by atoms with Crippen molar-refractivity contribution >= 4 is 5.91 Å². The molecule has 0 aliphatic rings. The summed E-state index contributed by atoms with van der Waals surface area (Å²) in [4.78, 5) is 12.0. The molecule has 1 amide bonds. The third-order valence-electron chi connectivity index (χ3n) is 3.80. The zero-order valence-electron chi connectivity index (χ0n) is 12.4. The molecular weight excluding hydrogens is 252 g/mol. The van der Waals surface area contributed by atoms with Crippen molar-refractivity contribution in [3.8, 4) is 11.8 Å². The van der Waals surface area contributed by atoms with E-state index in [0.29, 0.717) is 11.3 Å². The standard InChI is InChI=1S/C16H22N2O2/c1-4-16(5-2,6-3)18-15(19)12-20-14-10-8-7-9-13(14)11-17/h7-10H,4-6,12H2,1-3H3,(H,18,19). The summed E-state index contributed by atoms with van der Waals surface area (Å²) < 4.78 is 5.43. The molecule has 0 unspecified atom stereocenters. The minimum atomic E-state index is -0.158. The highest BCUT2D eigenvalue weighted by atomic mass is 16.5. The second-order valence-electron chi connectivity index (χ2n) is 4.79. The highest BCUT2D eigenvalue weighted by molar-refractivity contribution is 5.78. The van der Waals surface area contributed by atoms with Crippen molar-refractivity contribution in [1.29, 1.82) is 5.26 Å². The van der Waals surface area contributed by atoms with Crippen molar-refractivity contribution in [3.05, 3.63) is 29.8 Å². The Morgan fingerprint density at radius 1 is 1.25 bits per heavy atom. The van der Waals surface area contributed by atoms with Gasteiger partial charge in [0.05, 0.1) is 5.56 Å². The third-order valence-corrected chi connectivity index (χ3v) is 3.80. The van der Waals surface area contributed by atoms with Gasteiger partial charge >= 0.3 is 0 Å². The number of nitrogens with one attached hydrogen (secondary N) is 1. The highest BCUT2D eigenvalue weighted by Crippen LogP contribution is 2.20. The molecular formula is C16H22N2O2. The summed E-state index contributed by atoms with van der Waals surface area (Å²) in [5.74, 6) is 0.295. The predicted molar refractivity (Wildman–Crippen MR) is 78.4 cm³/mol. The first-order chi connectivity index (χ1) is 9.60. The Morgan fingerprint density at radius 2 is 1.85 bits per heavy atom. The van der Waals surface area contributed by atoms with Crippen molar-refractivity contribution in [1.82, 2.24) is 5.32 Å². The summed E-state index contributed by atoms with van der Waals surface area (Å²) in [6.45, 7) is 6.14. The van der Waals surface area contributed by atoms with Gasteiger partial charge in [-0.25, -0.2) is 0 Å². The van der Waals surface area contributed by atoms with Gasteiger partial charge in [0.15, 0.2) is 6.61 Å². The number of para-hydroxylation sites is 1. The van der Waals surface area contributed by atoms with E-state index in [-0.39, 0.29) is 18.1 Å². The van der Waals surface area contributed by atoms with Crippen molar-refractivity contribution in [2.75, 3.05) is 6.61 Å². The number of amides is 1. The average molecular weight is 274 g/mol. The van der Waals surface area contributed by atoms with E-state index in [2.05, 4.69) is 26.1 Å². The lowest BCUT2D eigenvalue weighted by atomic mass is 9.90. The van der Waals surface area contributed by atoms with Gasteiger partial charge in [0.25, 0.3) is 5.91 Å². The van der Waals surface area contributed by atoms with Gasteiger partial charge in [0, 0.05) is 5.54 Å². The molecule has 0 heterocycles. The Balaban J connectivity index is 2.62. The Labute approximate surface area is 120 Å². The largest absolute Gasteiger partial charge is 0.482 e. The SMILES string of the molecule is CCC(CC)(CC)NC(=O)COc1ccccc1C#N. The van der Waals surface area contributed by atoms with Gasteiger partial charge in [-0.3, -0.25) is 4.79 Å². The second kappa shape index (κ2) is 7.54. The molecule has 1 aromatic rings. The van der Waals surface area contributed by atoms with E-state index in [1.807, 2.05) is 6.07 Å². The maximum absolute atomic E-state index is 12.0. The molecule has 0 saturated carbocycles. The van der Waals surface area contributed by atoms with Gasteiger partial charge in [0.2, 0.25) is 0 Å². The summed E-state index contributed by atoms with van der Waals surface area (Å²) in [5, 5.41) is 12.0. The molecule has 1 rings (SSSR count). The fraction of sp³-hybridized carbons (Fsp3) is 0.500. The minimum absolute atomic E-state index is 0.0690. The van der Waals surface area contributed by atoms with Crippen molar-refractivity contribution in [2.45, 2.75) is 45.6 Å². The van der Waals surface area contributed by atoms with Crippen LogP contribution in [0.25, 0.3) is 0 Å². The Kier molecular flexibility index (Phi) is 6.05. The van der Waals surface area contributed by atoms with E-state index < -0.39 is 0 Å². The monoisotopic (exact) mass is 274 g/mol. The topological polar surface area (TPSA) is 62.1 Å². The molecule has 0 fully saturated rings. The van der Waals surface area contributed by atoms with E-state index >= 15 is 0 Å². The quantitative estimate of drug-likeness (QED) is 0.831. The third kappa shape index (κ3) is 3.99. The number of hydrogen-bond donors (Lipinski definition) is 1. The van der Waals surface area contributed by atoms with Crippen LogP contribution in [0.1, 0.15) is 45.6 Å². The summed E-state index contributed by atoms with van der Waals surface area (Å²) in [7, 11) is 0. The number of ether oxygens (including phenoxy) is 1. The first-order valence-electron chi connectivity index (χ1n) is 7.03. The number of nitriles is 1. The zero-order valence-corrected chi connectivity index (χ0v) is 12.4. The van der Waals surface area contributed by atoms with Crippen LogP contribution < -0.4 is 10.1 Å². The fourth-order valence-corrected chi connectivity index (χ4v) is 2.18. The van der Waals surface area contributed by atoms with Crippen LogP contribution in [0.15, 0.2) is 24.3 Å². The Morgan fingerprint density at radius 3 is 2.40 bits per heavy atom. The number of rotatable bonds is 7. The number of carbonyl (C=O) groups is 1. The summed E-state index contributed by atoms with van der Waals surface area (Å²) in [6.07, 6.45) is 2.67. The summed E-state index contributed by atoms with van der Waals surface area (Å²) in [6, 6.07) is 8.95. The fourth-order valence-electron chi connectivity index (χ4n) is 2.18. The molecule has 0 aliphatic heterocycles. The van der Waals surface area contributed by atoms with Crippen LogP contribution in [0.3, 0.4) is 0 Å². The van der Waals surface area contributed by atoms with Crippen LogP contribution in [0.5, 0.6) is 5.75 Å². The average Bonchev–Trinajstić information content (AvgIpc) is 2.51. The van der Waals surface area contributed by atoms with Crippen LogP contribution in [0.2, 0.25) is 0 Å². The number of hydrogen-bond acceptors (Lipinski definition) is 3. The maximum Gasteiger partial charge on any atom is 0.258 e. The van der Waals surface area contributed by atoms with E-state index in [1.54, 1.807) is 24.3 Å². The molecule has 0 spiro atoms.